The number of pyridine rings is 1. The van der Waals surface area contributed by atoms with Gasteiger partial charge in [-0.2, -0.15) is 13.2 Å². The largest absolute Gasteiger partial charge is 0.475 e. The Hall–Kier alpha value is -1.30. The summed E-state index contributed by atoms with van der Waals surface area (Å²) in [5.74, 6) is 0.000503. The number of halogens is 3. The Kier molecular flexibility index (Phi) is 4.34. The van der Waals surface area contributed by atoms with Crippen molar-refractivity contribution in [3.63, 3.8) is 0 Å². The van der Waals surface area contributed by atoms with Crippen molar-refractivity contribution in [2.45, 2.75) is 25.9 Å². The van der Waals surface area contributed by atoms with Crippen molar-refractivity contribution >= 4 is 0 Å². The number of alkyl halides is 3. The van der Waals surface area contributed by atoms with Crippen molar-refractivity contribution in [3.05, 3.63) is 23.4 Å². The van der Waals surface area contributed by atoms with Gasteiger partial charge in [0.2, 0.25) is 5.88 Å². The molecule has 0 amide bonds. The molecule has 0 radical (unpaired) electrons. The maximum Gasteiger partial charge on any atom is 0.417 e. The summed E-state index contributed by atoms with van der Waals surface area (Å²) in [6, 6.07) is 1.03. The average Bonchev–Trinajstić information content (AvgIpc) is 2.24. The van der Waals surface area contributed by atoms with Gasteiger partial charge in [0.05, 0.1) is 12.2 Å². The zero-order valence-corrected chi connectivity index (χ0v) is 9.58. The second-order valence-electron chi connectivity index (χ2n) is 3.84. The molecule has 0 aliphatic carbocycles. The number of hydrogen-bond donors (Lipinski definition) is 1. The summed E-state index contributed by atoms with van der Waals surface area (Å²) in [6.45, 7) is 3.31. The number of aromatic nitrogens is 1. The summed E-state index contributed by atoms with van der Waals surface area (Å²) in [5, 5.41) is 8.61. The van der Waals surface area contributed by atoms with Crippen molar-refractivity contribution in [1.82, 2.24) is 4.98 Å². The van der Waals surface area contributed by atoms with Crippen molar-refractivity contribution in [2.75, 3.05) is 13.2 Å². The lowest BCUT2D eigenvalue weighted by Gasteiger charge is -2.15. The lowest BCUT2D eigenvalue weighted by Crippen LogP contribution is -2.10. The molecule has 1 rings (SSSR count). The fourth-order valence-corrected chi connectivity index (χ4v) is 1.30. The normalized spacial score (nSPS) is 11.9. The first-order valence-electron chi connectivity index (χ1n) is 5.17. The third kappa shape index (κ3) is 3.59. The number of nitrogens with zero attached hydrogens (tertiary/aromatic N) is 1. The molecule has 1 heterocycles. The molecular formula is C11H14F3NO2. The Morgan fingerprint density at radius 3 is 2.53 bits per heavy atom. The van der Waals surface area contributed by atoms with Gasteiger partial charge in [0.25, 0.3) is 0 Å². The van der Waals surface area contributed by atoms with E-state index in [4.69, 9.17) is 9.84 Å². The maximum absolute atomic E-state index is 12.5. The molecule has 0 spiro atoms. The van der Waals surface area contributed by atoms with Gasteiger partial charge in [0.1, 0.15) is 6.61 Å². The molecule has 0 aliphatic heterocycles. The van der Waals surface area contributed by atoms with Crippen molar-refractivity contribution < 1.29 is 23.0 Å². The fraction of sp³-hybridized carbons (Fsp3) is 0.545. The first-order chi connectivity index (χ1) is 7.86. The number of aliphatic hydroxyl groups excluding tert-OH is 1. The van der Waals surface area contributed by atoms with E-state index in [1.165, 1.54) is 0 Å². The standard InChI is InChI=1S/C11H14F3NO2/c1-7(2)9-5-8(11(12,13)14)6-15-10(9)17-4-3-16/h5-7,16H,3-4H2,1-2H3. The van der Waals surface area contributed by atoms with Crippen LogP contribution in [0.4, 0.5) is 13.2 Å². The van der Waals surface area contributed by atoms with Gasteiger partial charge in [-0.15, -0.1) is 0 Å². The summed E-state index contributed by atoms with van der Waals surface area (Å²) >= 11 is 0. The Balaban J connectivity index is 3.08. The van der Waals surface area contributed by atoms with E-state index in [0.717, 1.165) is 12.3 Å². The summed E-state index contributed by atoms with van der Waals surface area (Å²) in [7, 11) is 0. The molecule has 6 heteroatoms. The van der Waals surface area contributed by atoms with Crippen LogP contribution in [0.5, 0.6) is 5.88 Å². The van der Waals surface area contributed by atoms with Gasteiger partial charge >= 0.3 is 6.18 Å². The minimum absolute atomic E-state index is 0.0120. The zero-order chi connectivity index (χ0) is 13.1. The van der Waals surface area contributed by atoms with Crippen LogP contribution in [-0.4, -0.2) is 23.3 Å². The molecule has 3 nitrogen and oxygen atoms in total. The van der Waals surface area contributed by atoms with Crippen LogP contribution >= 0.6 is 0 Å². The lowest BCUT2D eigenvalue weighted by molar-refractivity contribution is -0.137. The average molecular weight is 249 g/mol. The van der Waals surface area contributed by atoms with E-state index in [1.54, 1.807) is 13.8 Å². The van der Waals surface area contributed by atoms with Gasteiger partial charge in [-0.3, -0.25) is 0 Å². The van der Waals surface area contributed by atoms with E-state index >= 15 is 0 Å². The predicted molar refractivity (Wildman–Crippen MR) is 55.9 cm³/mol. The summed E-state index contributed by atoms with van der Waals surface area (Å²) in [4.78, 5) is 3.65. The highest BCUT2D eigenvalue weighted by atomic mass is 19.4. The molecule has 0 saturated carbocycles. The molecule has 1 aromatic heterocycles. The molecule has 0 unspecified atom stereocenters. The number of rotatable bonds is 4. The molecule has 0 bridgehead atoms. The minimum atomic E-state index is -4.41. The first kappa shape index (κ1) is 13.8. The molecule has 17 heavy (non-hydrogen) atoms. The van der Waals surface area contributed by atoms with Crippen LogP contribution in [0, 0.1) is 0 Å². The van der Waals surface area contributed by atoms with Gasteiger partial charge in [-0.05, 0) is 12.0 Å². The van der Waals surface area contributed by atoms with Gasteiger partial charge in [0.15, 0.2) is 0 Å². The first-order valence-corrected chi connectivity index (χ1v) is 5.17. The van der Waals surface area contributed by atoms with Crippen LogP contribution < -0.4 is 4.74 Å². The SMILES string of the molecule is CC(C)c1cc(C(F)(F)F)cnc1OCCO. The molecule has 1 N–H and O–H groups in total. The Labute approximate surface area is 97.2 Å². The van der Waals surface area contributed by atoms with E-state index < -0.39 is 11.7 Å². The van der Waals surface area contributed by atoms with E-state index in [9.17, 15) is 13.2 Å². The van der Waals surface area contributed by atoms with E-state index in [0.29, 0.717) is 5.56 Å². The third-order valence-electron chi connectivity index (χ3n) is 2.16. The summed E-state index contributed by atoms with van der Waals surface area (Å²) < 4.78 is 42.6. The van der Waals surface area contributed by atoms with Crippen molar-refractivity contribution in [2.24, 2.45) is 0 Å². The minimum Gasteiger partial charge on any atom is -0.475 e. The van der Waals surface area contributed by atoms with Gasteiger partial charge in [0, 0.05) is 11.8 Å². The van der Waals surface area contributed by atoms with Crippen LogP contribution in [0.3, 0.4) is 0 Å². The molecule has 0 aliphatic rings. The van der Waals surface area contributed by atoms with Gasteiger partial charge in [-0.1, -0.05) is 13.8 Å². The summed E-state index contributed by atoms with van der Waals surface area (Å²) in [6.07, 6.45) is -3.68. The number of ether oxygens (including phenoxy) is 1. The highest BCUT2D eigenvalue weighted by molar-refractivity contribution is 5.33. The van der Waals surface area contributed by atoms with Gasteiger partial charge in [-0.25, -0.2) is 4.98 Å². The molecule has 0 aromatic carbocycles. The van der Waals surface area contributed by atoms with E-state index in [-0.39, 0.29) is 25.0 Å². The smallest absolute Gasteiger partial charge is 0.417 e. The molecule has 0 fully saturated rings. The molecule has 1 aromatic rings. The van der Waals surface area contributed by atoms with Gasteiger partial charge < -0.3 is 9.84 Å². The second kappa shape index (κ2) is 5.35. The van der Waals surface area contributed by atoms with E-state index in [2.05, 4.69) is 4.98 Å². The van der Waals surface area contributed by atoms with Crippen LogP contribution in [0.2, 0.25) is 0 Å². The fourth-order valence-electron chi connectivity index (χ4n) is 1.30. The molecular weight excluding hydrogens is 235 g/mol. The second-order valence-corrected chi connectivity index (χ2v) is 3.84. The molecule has 96 valence electrons. The molecule has 0 saturated heterocycles. The maximum atomic E-state index is 12.5. The zero-order valence-electron chi connectivity index (χ0n) is 9.58. The quantitative estimate of drug-likeness (QED) is 0.891. The third-order valence-corrected chi connectivity index (χ3v) is 2.16. The van der Waals surface area contributed by atoms with Crippen LogP contribution in [0.15, 0.2) is 12.3 Å². The number of hydrogen-bond acceptors (Lipinski definition) is 3. The Morgan fingerprint density at radius 1 is 1.41 bits per heavy atom. The van der Waals surface area contributed by atoms with E-state index in [1.807, 2.05) is 0 Å². The Bertz CT molecular complexity index is 377. The number of aliphatic hydroxyl groups is 1. The Morgan fingerprint density at radius 2 is 2.06 bits per heavy atom. The lowest BCUT2D eigenvalue weighted by atomic mass is 10.0. The monoisotopic (exact) mass is 249 g/mol. The van der Waals surface area contributed by atoms with Crippen molar-refractivity contribution in [3.8, 4) is 5.88 Å². The summed E-state index contributed by atoms with van der Waals surface area (Å²) in [5.41, 5.74) is -0.411. The predicted octanol–water partition coefficient (Wildman–Crippen LogP) is 2.59. The highest BCUT2D eigenvalue weighted by Crippen LogP contribution is 2.33. The van der Waals surface area contributed by atoms with Crippen LogP contribution in [0.25, 0.3) is 0 Å². The van der Waals surface area contributed by atoms with Crippen LogP contribution in [0.1, 0.15) is 30.9 Å². The van der Waals surface area contributed by atoms with Crippen LogP contribution in [-0.2, 0) is 6.18 Å². The highest BCUT2D eigenvalue weighted by Gasteiger charge is 2.32. The van der Waals surface area contributed by atoms with Crippen molar-refractivity contribution in [1.29, 1.82) is 0 Å². The molecule has 0 atom stereocenters. The topological polar surface area (TPSA) is 42.4 Å².